The molecule has 0 radical (unpaired) electrons. The Morgan fingerprint density at radius 2 is 1.70 bits per heavy atom. The first-order chi connectivity index (χ1) is 17.3. The van der Waals surface area contributed by atoms with Crippen molar-refractivity contribution in [3.63, 3.8) is 0 Å². The first-order valence-electron chi connectivity index (χ1n) is 13.0. The number of halogens is 3. The molecule has 0 unspecified atom stereocenters. The van der Waals surface area contributed by atoms with Crippen molar-refractivity contribution in [2.24, 2.45) is 5.92 Å². The molecule has 37 heavy (non-hydrogen) atoms. The van der Waals surface area contributed by atoms with E-state index in [1.54, 1.807) is 14.0 Å². The summed E-state index contributed by atoms with van der Waals surface area (Å²) in [4.78, 5) is 0. The van der Waals surface area contributed by atoms with E-state index in [0.717, 1.165) is 17.7 Å². The highest BCUT2D eigenvalue weighted by Crippen LogP contribution is 2.49. The van der Waals surface area contributed by atoms with Gasteiger partial charge in [-0.05, 0) is 57.4 Å². The molecule has 3 aliphatic rings. The van der Waals surface area contributed by atoms with Crippen LogP contribution in [0, 0.1) is 5.92 Å². The van der Waals surface area contributed by atoms with E-state index < -0.39 is 71.9 Å². The number of likely N-dealkylation sites (N-methyl/N-ethyl adjacent to an activating group) is 1. The number of rotatable bonds is 7. The van der Waals surface area contributed by atoms with Crippen LogP contribution in [-0.2, 0) is 26.8 Å². The van der Waals surface area contributed by atoms with Crippen LogP contribution in [0.4, 0.5) is 13.2 Å². The maximum absolute atomic E-state index is 12.8. The van der Waals surface area contributed by atoms with Crippen LogP contribution in [0.25, 0.3) is 0 Å². The molecule has 5 N–H and O–H groups in total. The lowest BCUT2D eigenvalue weighted by atomic mass is 9.73. The smallest absolute Gasteiger partial charge is 0.391 e. The van der Waals surface area contributed by atoms with Crippen molar-refractivity contribution in [2.45, 2.75) is 113 Å². The molecule has 2 heterocycles. The monoisotopic (exact) mass is 533 g/mol. The molecule has 1 aliphatic carbocycles. The third-order valence-corrected chi connectivity index (χ3v) is 8.22. The SMILES string of the molecule is CC[C@@H]1[C@H](O)[C@H](NC)[C@H]2O[C@]3(O)[C@H](O[C@@H]2[C@H]1O)O[C@H](C)C[C@@]3(O)CCCCc1ccc(C(F)(F)F)cc1. The summed E-state index contributed by atoms with van der Waals surface area (Å²) in [6.45, 7) is 3.60. The van der Waals surface area contributed by atoms with Crippen molar-refractivity contribution in [1.82, 2.24) is 5.32 Å². The Morgan fingerprint density at radius 1 is 1.03 bits per heavy atom. The van der Waals surface area contributed by atoms with E-state index in [9.17, 15) is 33.6 Å². The Balaban J connectivity index is 1.46. The summed E-state index contributed by atoms with van der Waals surface area (Å²) >= 11 is 0. The number of alkyl halides is 3. The second kappa shape index (κ2) is 10.7. The van der Waals surface area contributed by atoms with Gasteiger partial charge in [0.05, 0.1) is 29.9 Å². The summed E-state index contributed by atoms with van der Waals surface area (Å²) < 4.78 is 56.4. The molecule has 11 heteroatoms. The third kappa shape index (κ3) is 5.29. The van der Waals surface area contributed by atoms with Gasteiger partial charge in [-0.25, -0.2) is 0 Å². The number of aliphatic hydroxyl groups excluding tert-OH is 2. The molecular weight excluding hydrogens is 495 g/mol. The molecule has 8 nitrogen and oxygen atoms in total. The molecule has 1 saturated carbocycles. The summed E-state index contributed by atoms with van der Waals surface area (Å²) in [6.07, 6.45) is -7.85. The van der Waals surface area contributed by atoms with Gasteiger partial charge in [-0.2, -0.15) is 13.2 Å². The summed E-state index contributed by atoms with van der Waals surface area (Å²) in [5.74, 6) is -2.72. The van der Waals surface area contributed by atoms with Gasteiger partial charge in [0.2, 0.25) is 12.1 Å². The van der Waals surface area contributed by atoms with Gasteiger partial charge in [-0.1, -0.05) is 25.5 Å². The van der Waals surface area contributed by atoms with Crippen LogP contribution in [0.15, 0.2) is 24.3 Å². The summed E-state index contributed by atoms with van der Waals surface area (Å²) in [5, 5.41) is 48.1. The van der Waals surface area contributed by atoms with Gasteiger partial charge < -0.3 is 40.0 Å². The number of ether oxygens (including phenoxy) is 3. The Hall–Kier alpha value is -1.31. The molecule has 0 spiro atoms. The number of hydrogen-bond donors (Lipinski definition) is 5. The molecule has 0 amide bonds. The second-order valence-corrected chi connectivity index (χ2v) is 10.7. The van der Waals surface area contributed by atoms with Crippen LogP contribution in [-0.4, -0.2) is 81.7 Å². The van der Waals surface area contributed by atoms with Crippen LogP contribution >= 0.6 is 0 Å². The second-order valence-electron chi connectivity index (χ2n) is 10.7. The Kier molecular flexibility index (Phi) is 8.29. The van der Waals surface area contributed by atoms with E-state index >= 15 is 0 Å². The normalized spacial score (nSPS) is 42.2. The van der Waals surface area contributed by atoms with Gasteiger partial charge in [0.15, 0.2) is 0 Å². The van der Waals surface area contributed by atoms with Crippen molar-refractivity contribution in [3.05, 3.63) is 35.4 Å². The highest BCUT2D eigenvalue weighted by molar-refractivity contribution is 5.24. The molecular formula is C26H38F3NO7. The number of hydrogen-bond acceptors (Lipinski definition) is 8. The maximum atomic E-state index is 12.8. The Bertz CT molecular complexity index is 918. The number of unbranched alkanes of at least 4 members (excludes halogenated alkanes) is 1. The first-order valence-corrected chi connectivity index (χ1v) is 13.0. The molecule has 4 rings (SSSR count). The number of benzene rings is 1. The summed E-state index contributed by atoms with van der Waals surface area (Å²) in [5.41, 5.74) is -1.72. The third-order valence-electron chi connectivity index (χ3n) is 8.22. The molecule has 0 aromatic heterocycles. The molecule has 1 aromatic rings. The van der Waals surface area contributed by atoms with E-state index in [0.29, 0.717) is 25.7 Å². The Labute approximate surface area is 214 Å². The highest BCUT2D eigenvalue weighted by atomic mass is 19.4. The van der Waals surface area contributed by atoms with E-state index in [2.05, 4.69) is 5.32 Å². The predicted octanol–water partition coefficient (Wildman–Crippen LogP) is 2.11. The lowest BCUT2D eigenvalue weighted by molar-refractivity contribution is -0.485. The van der Waals surface area contributed by atoms with Gasteiger partial charge >= 0.3 is 6.18 Å². The van der Waals surface area contributed by atoms with Crippen molar-refractivity contribution in [2.75, 3.05) is 7.05 Å². The van der Waals surface area contributed by atoms with Gasteiger partial charge in [0.25, 0.3) is 0 Å². The fraction of sp³-hybridized carbons (Fsp3) is 0.769. The quantitative estimate of drug-likeness (QED) is 0.338. The van der Waals surface area contributed by atoms with Crippen molar-refractivity contribution < 1.29 is 47.8 Å². The van der Waals surface area contributed by atoms with Gasteiger partial charge in [0.1, 0.15) is 17.8 Å². The number of nitrogens with one attached hydrogen (secondary N) is 1. The highest BCUT2D eigenvalue weighted by Gasteiger charge is 2.68. The minimum atomic E-state index is -4.39. The zero-order chi connectivity index (χ0) is 27.2. The zero-order valence-corrected chi connectivity index (χ0v) is 21.3. The maximum Gasteiger partial charge on any atom is 0.416 e. The fourth-order valence-corrected chi connectivity index (χ4v) is 6.14. The van der Waals surface area contributed by atoms with Crippen LogP contribution in [0.1, 0.15) is 57.1 Å². The summed E-state index contributed by atoms with van der Waals surface area (Å²) in [6, 6.07) is 4.32. The molecule has 0 bridgehead atoms. The summed E-state index contributed by atoms with van der Waals surface area (Å²) in [7, 11) is 1.64. The van der Waals surface area contributed by atoms with Crippen molar-refractivity contribution >= 4 is 0 Å². The van der Waals surface area contributed by atoms with Crippen molar-refractivity contribution in [3.8, 4) is 0 Å². The zero-order valence-electron chi connectivity index (χ0n) is 21.3. The average molecular weight is 534 g/mol. The topological polar surface area (TPSA) is 121 Å². The molecule has 2 saturated heterocycles. The first kappa shape index (κ1) is 28.7. The van der Waals surface area contributed by atoms with Gasteiger partial charge in [0, 0.05) is 12.3 Å². The lowest BCUT2D eigenvalue weighted by Gasteiger charge is -2.60. The molecule has 1 aromatic carbocycles. The largest absolute Gasteiger partial charge is 0.416 e. The van der Waals surface area contributed by atoms with Gasteiger partial charge in [-0.15, -0.1) is 0 Å². The van der Waals surface area contributed by atoms with E-state index in [1.165, 1.54) is 12.1 Å². The van der Waals surface area contributed by atoms with E-state index in [-0.39, 0.29) is 12.8 Å². The number of aliphatic hydroxyl groups is 4. The van der Waals surface area contributed by atoms with Crippen LogP contribution in [0.3, 0.4) is 0 Å². The van der Waals surface area contributed by atoms with E-state index in [1.807, 2.05) is 6.92 Å². The molecule has 10 atom stereocenters. The van der Waals surface area contributed by atoms with Crippen LogP contribution < -0.4 is 5.32 Å². The molecule has 2 aliphatic heterocycles. The standard InChI is InChI=1S/C26H38F3NO7/c1-4-17-19(31)18(30-3)21-22(20(17)32)36-23-25(34,37-21)24(33,13-14(2)35-23)12-6-5-7-15-8-10-16(11-9-15)26(27,28)29/h8-11,14,17-23,30-34H,4-7,12-13H2,1-3H3/t14-,17-,18+,19+,20+,21-,22-,23+,24+,25-/m1/s1. The lowest BCUT2D eigenvalue weighted by Crippen LogP contribution is -2.78. The molecule has 210 valence electrons. The van der Waals surface area contributed by atoms with Crippen LogP contribution in [0.5, 0.6) is 0 Å². The number of aryl methyl sites for hydroxylation is 1. The Morgan fingerprint density at radius 3 is 2.30 bits per heavy atom. The van der Waals surface area contributed by atoms with E-state index in [4.69, 9.17) is 14.2 Å². The van der Waals surface area contributed by atoms with Gasteiger partial charge in [-0.3, -0.25) is 0 Å². The number of fused-ring (bicyclic) bond motifs is 2. The molecule has 3 fully saturated rings. The predicted molar refractivity (Wildman–Crippen MR) is 126 cm³/mol. The van der Waals surface area contributed by atoms with Crippen molar-refractivity contribution in [1.29, 1.82) is 0 Å². The fourth-order valence-electron chi connectivity index (χ4n) is 6.14. The minimum Gasteiger partial charge on any atom is -0.391 e. The average Bonchev–Trinajstić information content (AvgIpc) is 2.82. The van der Waals surface area contributed by atoms with Crippen LogP contribution in [0.2, 0.25) is 0 Å². The minimum absolute atomic E-state index is 0.0634.